The van der Waals surface area contributed by atoms with Gasteiger partial charge in [0.25, 0.3) is 5.69 Å². The molecule has 0 aliphatic carbocycles. The second-order valence-electron chi connectivity index (χ2n) is 5.01. The van der Waals surface area contributed by atoms with Crippen LogP contribution in [0.25, 0.3) is 10.9 Å². The van der Waals surface area contributed by atoms with Crippen LogP contribution < -0.4 is 0 Å². The second kappa shape index (κ2) is 6.15. The van der Waals surface area contributed by atoms with Gasteiger partial charge in [0, 0.05) is 23.3 Å². The molecular formula is C17H14N2O2S. The lowest BCUT2D eigenvalue weighted by atomic mass is 10.1. The van der Waals surface area contributed by atoms with Crippen molar-refractivity contribution in [2.45, 2.75) is 17.7 Å². The molecule has 1 heterocycles. The van der Waals surface area contributed by atoms with Gasteiger partial charge in [-0.25, -0.2) is 4.98 Å². The molecule has 0 saturated heterocycles. The van der Waals surface area contributed by atoms with Gasteiger partial charge in [0.05, 0.1) is 15.5 Å². The first-order valence-electron chi connectivity index (χ1n) is 6.86. The zero-order chi connectivity index (χ0) is 15.5. The van der Waals surface area contributed by atoms with Gasteiger partial charge in [-0.15, -0.1) is 11.8 Å². The van der Waals surface area contributed by atoms with Crippen LogP contribution in [0.2, 0.25) is 0 Å². The fourth-order valence-corrected chi connectivity index (χ4v) is 3.19. The molecule has 0 atom stereocenters. The molecule has 22 heavy (non-hydrogen) atoms. The number of aryl methyl sites for hydroxylation is 1. The molecule has 5 heteroatoms. The number of fused-ring (bicyclic) bond motifs is 1. The van der Waals surface area contributed by atoms with Crippen molar-refractivity contribution in [3.05, 3.63) is 75.8 Å². The van der Waals surface area contributed by atoms with Crippen molar-refractivity contribution >= 4 is 28.4 Å². The number of nitro benzene ring substituents is 1. The molecule has 0 radical (unpaired) electrons. The minimum absolute atomic E-state index is 0.119. The first kappa shape index (κ1) is 14.5. The van der Waals surface area contributed by atoms with E-state index in [4.69, 9.17) is 0 Å². The van der Waals surface area contributed by atoms with Crippen LogP contribution in [0.5, 0.6) is 0 Å². The summed E-state index contributed by atoms with van der Waals surface area (Å²) in [5.41, 5.74) is 3.36. The van der Waals surface area contributed by atoms with Gasteiger partial charge in [-0.2, -0.15) is 0 Å². The molecule has 0 fully saturated rings. The topological polar surface area (TPSA) is 56.0 Å². The maximum atomic E-state index is 10.6. The van der Waals surface area contributed by atoms with Crippen LogP contribution in [0.3, 0.4) is 0 Å². The predicted octanol–water partition coefficient (Wildman–Crippen LogP) is 4.74. The summed E-state index contributed by atoms with van der Waals surface area (Å²) in [5.74, 6) is 0.739. The summed E-state index contributed by atoms with van der Waals surface area (Å²) < 4.78 is 0. The van der Waals surface area contributed by atoms with E-state index < -0.39 is 0 Å². The summed E-state index contributed by atoms with van der Waals surface area (Å²) in [5, 5.41) is 12.8. The van der Waals surface area contributed by atoms with E-state index in [1.54, 1.807) is 23.9 Å². The SMILES string of the molecule is Cc1cc(SCc2ccc([N+](=O)[O-])cc2)nc2ccccc12. The summed E-state index contributed by atoms with van der Waals surface area (Å²) in [7, 11) is 0. The third kappa shape index (κ3) is 3.09. The number of aromatic nitrogens is 1. The van der Waals surface area contributed by atoms with E-state index in [0.717, 1.165) is 21.9 Å². The molecule has 3 aromatic rings. The zero-order valence-corrected chi connectivity index (χ0v) is 12.8. The molecule has 0 saturated carbocycles. The van der Waals surface area contributed by atoms with E-state index in [2.05, 4.69) is 24.0 Å². The van der Waals surface area contributed by atoms with Gasteiger partial charge in [-0.1, -0.05) is 30.3 Å². The average Bonchev–Trinajstić information content (AvgIpc) is 2.53. The van der Waals surface area contributed by atoms with E-state index in [9.17, 15) is 10.1 Å². The van der Waals surface area contributed by atoms with Gasteiger partial charge in [-0.3, -0.25) is 10.1 Å². The molecular weight excluding hydrogens is 296 g/mol. The van der Waals surface area contributed by atoms with Crippen LogP contribution in [0.1, 0.15) is 11.1 Å². The van der Waals surface area contributed by atoms with Gasteiger partial charge in [0.1, 0.15) is 0 Å². The Bertz CT molecular complexity index is 832. The Morgan fingerprint density at radius 2 is 1.86 bits per heavy atom. The molecule has 0 N–H and O–H groups in total. The number of non-ortho nitro benzene ring substituents is 1. The summed E-state index contributed by atoms with van der Waals surface area (Å²) in [6.07, 6.45) is 0. The minimum atomic E-state index is -0.384. The Kier molecular flexibility index (Phi) is 4.06. The Morgan fingerprint density at radius 3 is 2.59 bits per heavy atom. The fraction of sp³-hybridized carbons (Fsp3) is 0.118. The summed E-state index contributed by atoms with van der Waals surface area (Å²) >= 11 is 1.64. The lowest BCUT2D eigenvalue weighted by Crippen LogP contribution is -1.89. The van der Waals surface area contributed by atoms with Crippen LogP contribution in [0.15, 0.2) is 59.6 Å². The number of nitrogens with zero attached hydrogens (tertiary/aromatic N) is 2. The van der Waals surface area contributed by atoms with Crippen molar-refractivity contribution in [3.63, 3.8) is 0 Å². The zero-order valence-electron chi connectivity index (χ0n) is 12.0. The highest BCUT2D eigenvalue weighted by molar-refractivity contribution is 7.98. The molecule has 0 aliphatic rings. The average molecular weight is 310 g/mol. The lowest BCUT2D eigenvalue weighted by molar-refractivity contribution is -0.384. The maximum absolute atomic E-state index is 10.6. The molecule has 0 unspecified atom stereocenters. The van der Waals surface area contributed by atoms with Crippen molar-refractivity contribution in [1.82, 2.24) is 4.98 Å². The van der Waals surface area contributed by atoms with Crippen LogP contribution in [0, 0.1) is 17.0 Å². The Morgan fingerprint density at radius 1 is 1.14 bits per heavy atom. The van der Waals surface area contributed by atoms with Gasteiger partial charge < -0.3 is 0 Å². The molecule has 1 aromatic heterocycles. The van der Waals surface area contributed by atoms with Crippen molar-refractivity contribution in [2.75, 3.05) is 0 Å². The van der Waals surface area contributed by atoms with Crippen molar-refractivity contribution in [3.8, 4) is 0 Å². The minimum Gasteiger partial charge on any atom is -0.258 e. The second-order valence-corrected chi connectivity index (χ2v) is 6.00. The van der Waals surface area contributed by atoms with E-state index in [1.807, 2.05) is 18.2 Å². The Balaban J connectivity index is 1.77. The van der Waals surface area contributed by atoms with E-state index in [0.29, 0.717) is 0 Å². The Labute approximate surface area is 132 Å². The van der Waals surface area contributed by atoms with Gasteiger partial charge in [0.15, 0.2) is 0 Å². The monoisotopic (exact) mass is 310 g/mol. The van der Waals surface area contributed by atoms with E-state index in [1.165, 1.54) is 23.1 Å². The van der Waals surface area contributed by atoms with Crippen LogP contribution in [-0.2, 0) is 5.75 Å². The molecule has 3 rings (SSSR count). The Hall–Kier alpha value is -2.40. The van der Waals surface area contributed by atoms with Crippen LogP contribution >= 0.6 is 11.8 Å². The van der Waals surface area contributed by atoms with E-state index >= 15 is 0 Å². The van der Waals surface area contributed by atoms with Gasteiger partial charge in [0.2, 0.25) is 0 Å². The standard InChI is InChI=1S/C17H14N2O2S/c1-12-10-17(18-16-5-3-2-4-15(12)16)22-11-13-6-8-14(9-7-13)19(20)21/h2-10H,11H2,1H3. The third-order valence-corrected chi connectivity index (χ3v) is 4.42. The van der Waals surface area contributed by atoms with Crippen molar-refractivity contribution in [2.24, 2.45) is 0 Å². The number of thioether (sulfide) groups is 1. The number of benzene rings is 2. The lowest BCUT2D eigenvalue weighted by Gasteiger charge is -2.06. The number of pyridine rings is 1. The summed E-state index contributed by atoms with van der Waals surface area (Å²) in [4.78, 5) is 14.9. The smallest absolute Gasteiger partial charge is 0.258 e. The predicted molar refractivity (Wildman–Crippen MR) is 89.1 cm³/mol. The number of rotatable bonds is 4. The molecule has 110 valence electrons. The largest absolute Gasteiger partial charge is 0.269 e. The van der Waals surface area contributed by atoms with Crippen molar-refractivity contribution in [1.29, 1.82) is 0 Å². The quantitative estimate of drug-likeness (QED) is 0.396. The highest BCUT2D eigenvalue weighted by Crippen LogP contribution is 2.26. The summed E-state index contributed by atoms with van der Waals surface area (Å²) in [6, 6.07) is 16.8. The van der Waals surface area contributed by atoms with Crippen LogP contribution in [-0.4, -0.2) is 9.91 Å². The maximum Gasteiger partial charge on any atom is 0.269 e. The first-order chi connectivity index (χ1) is 10.6. The molecule has 0 aliphatic heterocycles. The molecule has 0 amide bonds. The highest BCUT2D eigenvalue weighted by Gasteiger charge is 2.06. The fourth-order valence-electron chi connectivity index (χ4n) is 2.26. The molecule has 4 nitrogen and oxygen atoms in total. The van der Waals surface area contributed by atoms with Crippen LogP contribution in [0.4, 0.5) is 5.69 Å². The van der Waals surface area contributed by atoms with Gasteiger partial charge in [-0.05, 0) is 30.2 Å². The molecule has 0 bridgehead atoms. The van der Waals surface area contributed by atoms with E-state index in [-0.39, 0.29) is 10.6 Å². The van der Waals surface area contributed by atoms with Gasteiger partial charge >= 0.3 is 0 Å². The normalized spacial score (nSPS) is 10.8. The number of nitro groups is 1. The molecule has 2 aromatic carbocycles. The molecule has 0 spiro atoms. The first-order valence-corrected chi connectivity index (χ1v) is 7.84. The number of para-hydroxylation sites is 1. The third-order valence-electron chi connectivity index (χ3n) is 3.43. The highest BCUT2D eigenvalue weighted by atomic mass is 32.2. The van der Waals surface area contributed by atoms with Crippen molar-refractivity contribution < 1.29 is 4.92 Å². The number of hydrogen-bond acceptors (Lipinski definition) is 4. The summed E-state index contributed by atoms with van der Waals surface area (Å²) in [6.45, 7) is 2.08. The number of hydrogen-bond donors (Lipinski definition) is 0.